The summed E-state index contributed by atoms with van der Waals surface area (Å²) >= 11 is 0. The van der Waals surface area contributed by atoms with Crippen LogP contribution < -0.4 is 0 Å². The molecule has 2 aliphatic heterocycles. The summed E-state index contributed by atoms with van der Waals surface area (Å²) in [7, 11) is 1.99. The first-order chi connectivity index (χ1) is 12.1. The highest BCUT2D eigenvalue weighted by molar-refractivity contribution is 5.76. The molecule has 25 heavy (non-hydrogen) atoms. The molecule has 140 valence electrons. The Labute approximate surface area is 150 Å². The monoisotopic (exact) mass is 349 g/mol. The molecule has 7 heteroatoms. The first-order valence-corrected chi connectivity index (χ1v) is 9.56. The van der Waals surface area contributed by atoms with Gasteiger partial charge in [-0.25, -0.2) is 0 Å². The Morgan fingerprint density at radius 1 is 1.28 bits per heavy atom. The van der Waals surface area contributed by atoms with Crippen molar-refractivity contribution < 1.29 is 9.53 Å². The second kappa shape index (κ2) is 8.76. The van der Waals surface area contributed by atoms with Crippen molar-refractivity contribution in [2.75, 3.05) is 39.4 Å². The van der Waals surface area contributed by atoms with Gasteiger partial charge in [0.15, 0.2) is 0 Å². The lowest BCUT2D eigenvalue weighted by molar-refractivity contribution is -0.133. The molecule has 0 unspecified atom stereocenters. The first-order valence-electron chi connectivity index (χ1n) is 9.56. The molecule has 1 amide bonds. The molecule has 7 nitrogen and oxygen atoms in total. The molecular formula is C18H31N5O2. The molecule has 0 saturated carbocycles. The number of morpholine rings is 1. The van der Waals surface area contributed by atoms with Gasteiger partial charge in [0.2, 0.25) is 5.91 Å². The lowest BCUT2D eigenvalue weighted by Gasteiger charge is -2.34. The molecule has 2 saturated heterocycles. The van der Waals surface area contributed by atoms with E-state index in [1.54, 1.807) is 6.33 Å². The molecule has 0 N–H and O–H groups in total. The number of aromatic nitrogens is 3. The van der Waals surface area contributed by atoms with Crippen LogP contribution in [0.2, 0.25) is 0 Å². The smallest absolute Gasteiger partial charge is 0.222 e. The molecule has 3 rings (SSSR count). The summed E-state index contributed by atoms with van der Waals surface area (Å²) < 4.78 is 7.39. The minimum atomic E-state index is 0.317. The van der Waals surface area contributed by atoms with Crippen LogP contribution in [0.4, 0.5) is 0 Å². The fraction of sp³-hybridized carbons (Fsp3) is 0.833. The van der Waals surface area contributed by atoms with Gasteiger partial charge in [-0.3, -0.25) is 9.69 Å². The summed E-state index contributed by atoms with van der Waals surface area (Å²) in [5, 5.41) is 8.12. The fourth-order valence-electron chi connectivity index (χ4n) is 3.83. The van der Waals surface area contributed by atoms with E-state index in [0.29, 0.717) is 24.3 Å². The third-order valence-electron chi connectivity index (χ3n) is 5.69. The molecule has 1 aromatic rings. The summed E-state index contributed by atoms with van der Waals surface area (Å²) in [6, 6.07) is 0.460. The summed E-state index contributed by atoms with van der Waals surface area (Å²) in [6.07, 6.45) is 6.45. The highest BCUT2D eigenvalue weighted by Crippen LogP contribution is 2.22. The first kappa shape index (κ1) is 18.3. The van der Waals surface area contributed by atoms with Crippen LogP contribution >= 0.6 is 0 Å². The second-order valence-corrected chi connectivity index (χ2v) is 7.42. The van der Waals surface area contributed by atoms with Crippen LogP contribution in [0.5, 0.6) is 0 Å². The Balaban J connectivity index is 1.37. The van der Waals surface area contributed by atoms with Crippen LogP contribution in [0.3, 0.4) is 0 Å². The van der Waals surface area contributed by atoms with Crippen LogP contribution in [0, 0.1) is 5.92 Å². The number of ether oxygens (including phenoxy) is 1. The van der Waals surface area contributed by atoms with Crippen molar-refractivity contribution >= 4 is 5.91 Å². The fourth-order valence-corrected chi connectivity index (χ4v) is 3.83. The van der Waals surface area contributed by atoms with Gasteiger partial charge in [-0.15, -0.1) is 10.2 Å². The molecule has 3 heterocycles. The lowest BCUT2D eigenvalue weighted by atomic mass is 9.93. The maximum atomic E-state index is 12.5. The third-order valence-corrected chi connectivity index (χ3v) is 5.69. The SMILES string of the molecule is C[C@@H](CCC(=O)N1CCC(Cc2nncn2C)CC1)N1CCOCC1. The molecule has 2 fully saturated rings. The van der Waals surface area contributed by atoms with Gasteiger partial charge in [0.05, 0.1) is 13.2 Å². The van der Waals surface area contributed by atoms with E-state index in [1.807, 2.05) is 11.6 Å². The standard InChI is InChI=1S/C18H31N5O2/c1-15(22-9-11-25-12-10-22)3-4-18(24)23-7-5-16(6-8-23)13-17-20-19-14-21(17)2/h14-16H,3-13H2,1-2H3/t15-/m0/s1. The number of hydrogen-bond donors (Lipinski definition) is 0. The van der Waals surface area contributed by atoms with Crippen LogP contribution in [-0.4, -0.2) is 75.9 Å². The number of carbonyl (C=O) groups is 1. The molecule has 0 bridgehead atoms. The average molecular weight is 349 g/mol. The zero-order chi connectivity index (χ0) is 17.6. The van der Waals surface area contributed by atoms with Crippen LogP contribution in [0.25, 0.3) is 0 Å². The van der Waals surface area contributed by atoms with Gasteiger partial charge in [-0.1, -0.05) is 0 Å². The molecule has 0 radical (unpaired) electrons. The van der Waals surface area contributed by atoms with E-state index in [4.69, 9.17) is 4.74 Å². The highest BCUT2D eigenvalue weighted by atomic mass is 16.5. The Morgan fingerprint density at radius 3 is 2.64 bits per heavy atom. The van der Waals surface area contributed by atoms with Gasteiger partial charge in [-0.05, 0) is 32.1 Å². The van der Waals surface area contributed by atoms with Gasteiger partial charge in [0, 0.05) is 52.1 Å². The highest BCUT2D eigenvalue weighted by Gasteiger charge is 2.25. The normalized spacial score (nSPS) is 21.4. The molecule has 0 spiro atoms. The Hall–Kier alpha value is -1.47. The van der Waals surface area contributed by atoms with E-state index in [-0.39, 0.29) is 0 Å². The molecule has 0 aliphatic carbocycles. The number of nitrogens with zero attached hydrogens (tertiary/aromatic N) is 5. The predicted octanol–water partition coefficient (Wildman–Crippen LogP) is 1.10. The summed E-state index contributed by atoms with van der Waals surface area (Å²) in [5.74, 6) is 1.97. The van der Waals surface area contributed by atoms with Gasteiger partial charge in [0.1, 0.15) is 12.2 Å². The maximum Gasteiger partial charge on any atom is 0.222 e. The Morgan fingerprint density at radius 2 is 2.00 bits per heavy atom. The molecule has 2 aliphatic rings. The van der Waals surface area contributed by atoms with E-state index in [9.17, 15) is 4.79 Å². The molecule has 1 atom stereocenters. The largest absolute Gasteiger partial charge is 0.379 e. The van der Waals surface area contributed by atoms with Gasteiger partial charge in [-0.2, -0.15) is 0 Å². The molecule has 1 aromatic heterocycles. The van der Waals surface area contributed by atoms with Crippen molar-refractivity contribution in [3.8, 4) is 0 Å². The molecule has 0 aromatic carbocycles. The minimum Gasteiger partial charge on any atom is -0.379 e. The maximum absolute atomic E-state index is 12.5. The quantitative estimate of drug-likeness (QED) is 0.769. The van der Waals surface area contributed by atoms with Crippen LogP contribution in [-0.2, 0) is 23.0 Å². The van der Waals surface area contributed by atoms with Crippen LogP contribution in [0.1, 0.15) is 38.4 Å². The Bertz CT molecular complexity index is 547. The number of likely N-dealkylation sites (tertiary alicyclic amines) is 1. The summed E-state index contributed by atoms with van der Waals surface area (Å²) in [5.41, 5.74) is 0. The van der Waals surface area contributed by atoms with Gasteiger partial charge < -0.3 is 14.2 Å². The van der Waals surface area contributed by atoms with Crippen molar-refractivity contribution in [3.05, 3.63) is 12.2 Å². The van der Waals surface area contributed by atoms with E-state index >= 15 is 0 Å². The number of hydrogen-bond acceptors (Lipinski definition) is 5. The minimum absolute atomic E-state index is 0.317. The number of amides is 1. The summed E-state index contributed by atoms with van der Waals surface area (Å²) in [6.45, 7) is 7.60. The average Bonchev–Trinajstić information content (AvgIpc) is 3.05. The number of piperidine rings is 1. The zero-order valence-electron chi connectivity index (χ0n) is 15.6. The number of aryl methyl sites for hydroxylation is 1. The van der Waals surface area contributed by atoms with E-state index < -0.39 is 0 Å². The van der Waals surface area contributed by atoms with Gasteiger partial charge in [0.25, 0.3) is 0 Å². The number of carbonyl (C=O) groups excluding carboxylic acids is 1. The van der Waals surface area contributed by atoms with Crippen molar-refractivity contribution in [1.29, 1.82) is 0 Å². The van der Waals surface area contributed by atoms with Crippen molar-refractivity contribution in [3.63, 3.8) is 0 Å². The third kappa shape index (κ3) is 5.01. The summed E-state index contributed by atoms with van der Waals surface area (Å²) in [4.78, 5) is 17.0. The number of rotatable bonds is 6. The lowest BCUT2D eigenvalue weighted by Crippen LogP contribution is -2.43. The van der Waals surface area contributed by atoms with Crippen LogP contribution in [0.15, 0.2) is 6.33 Å². The Kier molecular flexibility index (Phi) is 6.42. The topological polar surface area (TPSA) is 63.5 Å². The van der Waals surface area contributed by atoms with E-state index in [1.165, 1.54) is 0 Å². The second-order valence-electron chi connectivity index (χ2n) is 7.42. The van der Waals surface area contributed by atoms with E-state index in [0.717, 1.165) is 70.9 Å². The van der Waals surface area contributed by atoms with E-state index in [2.05, 4.69) is 26.9 Å². The predicted molar refractivity (Wildman–Crippen MR) is 95.1 cm³/mol. The van der Waals surface area contributed by atoms with Gasteiger partial charge >= 0.3 is 0 Å². The van der Waals surface area contributed by atoms with Crippen molar-refractivity contribution in [1.82, 2.24) is 24.6 Å². The molecular weight excluding hydrogens is 318 g/mol. The van der Waals surface area contributed by atoms with Crippen molar-refractivity contribution in [2.24, 2.45) is 13.0 Å². The zero-order valence-corrected chi connectivity index (χ0v) is 15.6. The van der Waals surface area contributed by atoms with Crippen molar-refractivity contribution in [2.45, 2.75) is 45.1 Å².